The van der Waals surface area contributed by atoms with Crippen LogP contribution in [0.3, 0.4) is 0 Å². The molecule has 0 atom stereocenters. The molecule has 0 spiro atoms. The number of benzene rings is 1. The van der Waals surface area contributed by atoms with E-state index in [1.54, 1.807) is 23.4 Å². The summed E-state index contributed by atoms with van der Waals surface area (Å²) in [6, 6.07) is 7.75. The Morgan fingerprint density at radius 2 is 1.69 bits per heavy atom. The zero-order valence-corrected chi connectivity index (χ0v) is 19.6. The maximum atomic E-state index is 13.2. The number of carbonyl (C=O) groups is 1. The molecule has 0 N–H and O–H groups in total. The third-order valence-corrected chi connectivity index (χ3v) is 7.89. The number of aromatic nitrogens is 2. The quantitative estimate of drug-likeness (QED) is 0.656. The number of piperazine rings is 1. The second kappa shape index (κ2) is 8.57. The maximum absolute atomic E-state index is 13.2. The topological polar surface area (TPSA) is 75.5 Å². The minimum atomic E-state index is -3.64. The molecule has 1 saturated heterocycles. The Labute approximate surface area is 180 Å². The van der Waals surface area contributed by atoms with E-state index < -0.39 is 10.0 Å². The van der Waals surface area contributed by atoms with Gasteiger partial charge in [0.05, 0.1) is 17.8 Å². The Bertz CT molecular complexity index is 991. The van der Waals surface area contributed by atoms with Gasteiger partial charge in [0.15, 0.2) is 0 Å². The zero-order chi connectivity index (χ0) is 21.3. The molecule has 0 aliphatic carbocycles. The van der Waals surface area contributed by atoms with Gasteiger partial charge in [-0.05, 0) is 45.4 Å². The summed E-state index contributed by atoms with van der Waals surface area (Å²) >= 11 is 3.39. The van der Waals surface area contributed by atoms with Crippen LogP contribution in [-0.2, 0) is 21.2 Å². The molecule has 1 amide bonds. The predicted octanol–water partition coefficient (Wildman–Crippen LogP) is 2.92. The molecule has 7 nitrogen and oxygen atoms in total. The standard InChI is InChI=1S/C20H27BrN4O3S/c1-14(2)25-16(4)20(15(3)22-25)29(27,28)24-11-9-23(10-12-24)19(26)13-17-5-7-18(21)8-6-17/h5-8,14H,9-13H2,1-4H3. The molecule has 2 aromatic rings. The number of carbonyl (C=O) groups excluding carboxylic acids is 1. The Kier molecular flexibility index (Phi) is 6.50. The van der Waals surface area contributed by atoms with Crippen molar-refractivity contribution >= 4 is 31.9 Å². The van der Waals surface area contributed by atoms with Crippen molar-refractivity contribution < 1.29 is 13.2 Å². The van der Waals surface area contributed by atoms with Crippen molar-refractivity contribution in [3.05, 3.63) is 45.7 Å². The highest BCUT2D eigenvalue weighted by molar-refractivity contribution is 9.10. The molecule has 0 saturated carbocycles. The molecule has 158 valence electrons. The van der Waals surface area contributed by atoms with Gasteiger partial charge in [-0.25, -0.2) is 8.42 Å². The molecule has 1 aromatic heterocycles. The van der Waals surface area contributed by atoms with Crippen LogP contribution >= 0.6 is 15.9 Å². The lowest BCUT2D eigenvalue weighted by Gasteiger charge is -2.34. The Morgan fingerprint density at radius 1 is 1.10 bits per heavy atom. The molecule has 2 heterocycles. The van der Waals surface area contributed by atoms with Crippen LogP contribution < -0.4 is 0 Å². The van der Waals surface area contributed by atoms with Gasteiger partial charge in [0, 0.05) is 36.7 Å². The van der Waals surface area contributed by atoms with Crippen LogP contribution in [0.15, 0.2) is 33.6 Å². The summed E-state index contributed by atoms with van der Waals surface area (Å²) in [6.07, 6.45) is 0.319. The number of sulfonamides is 1. The van der Waals surface area contributed by atoms with E-state index >= 15 is 0 Å². The third kappa shape index (κ3) is 4.57. The smallest absolute Gasteiger partial charge is 0.246 e. The summed E-state index contributed by atoms with van der Waals surface area (Å²) in [7, 11) is -3.64. The lowest BCUT2D eigenvalue weighted by molar-refractivity contribution is -0.131. The number of nitrogens with zero attached hydrogens (tertiary/aromatic N) is 4. The van der Waals surface area contributed by atoms with Crippen molar-refractivity contribution in [3.8, 4) is 0 Å². The molecule has 9 heteroatoms. The Morgan fingerprint density at radius 3 is 2.21 bits per heavy atom. The SMILES string of the molecule is Cc1nn(C(C)C)c(C)c1S(=O)(=O)N1CCN(C(=O)Cc2ccc(Br)cc2)CC1. The minimum absolute atomic E-state index is 0.0179. The normalized spacial score (nSPS) is 15.9. The average Bonchev–Trinajstić information content (AvgIpc) is 2.98. The maximum Gasteiger partial charge on any atom is 0.246 e. The second-order valence-corrected chi connectivity index (χ2v) is 10.4. The third-order valence-electron chi connectivity index (χ3n) is 5.21. The first kappa shape index (κ1) is 22.0. The molecule has 0 unspecified atom stereocenters. The van der Waals surface area contributed by atoms with Crippen molar-refractivity contribution in [1.82, 2.24) is 19.0 Å². The van der Waals surface area contributed by atoms with Gasteiger partial charge >= 0.3 is 0 Å². The monoisotopic (exact) mass is 482 g/mol. The molecular weight excluding hydrogens is 456 g/mol. The van der Waals surface area contributed by atoms with Crippen molar-refractivity contribution in [1.29, 1.82) is 0 Å². The number of hydrogen-bond donors (Lipinski definition) is 0. The van der Waals surface area contributed by atoms with Gasteiger partial charge in [0.1, 0.15) is 4.90 Å². The van der Waals surface area contributed by atoms with Crippen LogP contribution in [0.4, 0.5) is 0 Å². The number of rotatable bonds is 5. The summed E-state index contributed by atoms with van der Waals surface area (Å²) in [5.74, 6) is 0.0179. The van der Waals surface area contributed by atoms with E-state index in [-0.39, 0.29) is 11.9 Å². The molecule has 29 heavy (non-hydrogen) atoms. The summed E-state index contributed by atoms with van der Waals surface area (Å²) in [4.78, 5) is 14.6. The van der Waals surface area contributed by atoms with Gasteiger partial charge in [-0.1, -0.05) is 28.1 Å². The minimum Gasteiger partial charge on any atom is -0.340 e. The van der Waals surface area contributed by atoms with Gasteiger partial charge in [-0.3, -0.25) is 9.48 Å². The molecule has 0 radical (unpaired) electrons. The summed E-state index contributed by atoms with van der Waals surface area (Å²) in [5, 5.41) is 4.41. The molecule has 1 aromatic carbocycles. The molecule has 0 bridgehead atoms. The molecule has 1 fully saturated rings. The van der Waals surface area contributed by atoms with Crippen LogP contribution in [0.1, 0.15) is 36.8 Å². The van der Waals surface area contributed by atoms with Crippen molar-refractivity contribution in [2.24, 2.45) is 0 Å². The van der Waals surface area contributed by atoms with Crippen LogP contribution in [0.2, 0.25) is 0 Å². The Hall–Kier alpha value is -1.71. The lowest BCUT2D eigenvalue weighted by Crippen LogP contribution is -2.51. The molecular formula is C20H27BrN4O3S. The highest BCUT2D eigenvalue weighted by Gasteiger charge is 2.34. The van der Waals surface area contributed by atoms with E-state index in [9.17, 15) is 13.2 Å². The summed E-state index contributed by atoms with van der Waals surface area (Å²) < 4.78 is 30.6. The van der Waals surface area contributed by atoms with E-state index in [2.05, 4.69) is 21.0 Å². The van der Waals surface area contributed by atoms with Crippen LogP contribution in [0.5, 0.6) is 0 Å². The zero-order valence-electron chi connectivity index (χ0n) is 17.2. The van der Waals surface area contributed by atoms with Crippen LogP contribution in [0.25, 0.3) is 0 Å². The van der Waals surface area contributed by atoms with E-state index in [1.165, 1.54) is 4.31 Å². The molecule has 3 rings (SSSR count). The second-order valence-electron chi connectivity index (χ2n) is 7.63. The fourth-order valence-electron chi connectivity index (χ4n) is 3.72. The first-order valence-electron chi connectivity index (χ1n) is 9.69. The van der Waals surface area contributed by atoms with Crippen molar-refractivity contribution in [2.75, 3.05) is 26.2 Å². The lowest BCUT2D eigenvalue weighted by atomic mass is 10.1. The van der Waals surface area contributed by atoms with Gasteiger partial charge in [0.25, 0.3) is 0 Å². The van der Waals surface area contributed by atoms with Crippen LogP contribution in [-0.4, -0.2) is 59.5 Å². The number of amides is 1. The first-order chi connectivity index (χ1) is 13.6. The average molecular weight is 483 g/mol. The fourth-order valence-corrected chi connectivity index (χ4v) is 5.77. The van der Waals surface area contributed by atoms with E-state index in [0.717, 1.165) is 10.0 Å². The van der Waals surface area contributed by atoms with E-state index in [1.807, 2.05) is 38.1 Å². The van der Waals surface area contributed by atoms with Gasteiger partial charge in [-0.2, -0.15) is 9.40 Å². The Balaban J connectivity index is 1.68. The highest BCUT2D eigenvalue weighted by Crippen LogP contribution is 2.26. The molecule has 1 aliphatic rings. The molecule has 1 aliphatic heterocycles. The highest BCUT2D eigenvalue weighted by atomic mass is 79.9. The van der Waals surface area contributed by atoms with Crippen molar-refractivity contribution in [2.45, 2.75) is 45.1 Å². The largest absolute Gasteiger partial charge is 0.340 e. The van der Waals surface area contributed by atoms with Gasteiger partial charge < -0.3 is 4.90 Å². The number of aryl methyl sites for hydroxylation is 1. The predicted molar refractivity (Wildman–Crippen MR) is 115 cm³/mol. The summed E-state index contributed by atoms with van der Waals surface area (Å²) in [6.45, 7) is 8.86. The number of halogens is 1. The number of hydrogen-bond acceptors (Lipinski definition) is 4. The van der Waals surface area contributed by atoms with E-state index in [4.69, 9.17) is 0 Å². The van der Waals surface area contributed by atoms with Crippen molar-refractivity contribution in [3.63, 3.8) is 0 Å². The fraction of sp³-hybridized carbons (Fsp3) is 0.500. The van der Waals surface area contributed by atoms with E-state index in [0.29, 0.717) is 48.9 Å². The van der Waals surface area contributed by atoms with Crippen LogP contribution in [0, 0.1) is 13.8 Å². The first-order valence-corrected chi connectivity index (χ1v) is 11.9. The van der Waals surface area contributed by atoms with Gasteiger partial charge in [-0.15, -0.1) is 0 Å². The van der Waals surface area contributed by atoms with Gasteiger partial charge in [0.2, 0.25) is 15.9 Å². The summed E-state index contributed by atoms with van der Waals surface area (Å²) in [5.41, 5.74) is 2.12.